The van der Waals surface area contributed by atoms with Crippen molar-refractivity contribution < 1.29 is 22.8 Å². The molecule has 0 fully saturated rings. The quantitative estimate of drug-likeness (QED) is 0.306. The second-order valence-corrected chi connectivity index (χ2v) is 10.5. The predicted octanol–water partition coefficient (Wildman–Crippen LogP) is 3.69. The van der Waals surface area contributed by atoms with Crippen molar-refractivity contribution in [3.05, 3.63) is 77.1 Å². The number of imide groups is 1. The number of aromatic nitrogens is 2. The van der Waals surface area contributed by atoms with Crippen LogP contribution in [0.3, 0.4) is 0 Å². The Balaban J connectivity index is 1.21. The van der Waals surface area contributed by atoms with Crippen LogP contribution in [0.1, 0.15) is 57.8 Å². The van der Waals surface area contributed by atoms with Crippen molar-refractivity contribution in [3.8, 4) is 0 Å². The number of sulfonamides is 1. The topological polar surface area (TPSA) is 138 Å². The molecule has 1 aliphatic rings. The Bertz CT molecular complexity index is 1400. The standard InChI is InChI=1S/C26H27N5O5S/c1-17-16-18(2)28-26(27-17)30-37(35,36)20-13-11-19(12-14-20)29-23(32)10-4-3-7-15-31-24(33)21-8-5-6-9-22(21)25(31)34/h5-6,8-9,11-14,16H,3-4,7,10,15H2,1-2H3,(H,29,32)(H,27,28,30). The number of nitrogens with zero attached hydrogens (tertiary/aromatic N) is 3. The minimum Gasteiger partial charge on any atom is -0.326 e. The monoisotopic (exact) mass is 521 g/mol. The molecule has 1 aliphatic heterocycles. The first-order valence-electron chi connectivity index (χ1n) is 11.8. The second kappa shape index (κ2) is 10.9. The zero-order valence-corrected chi connectivity index (χ0v) is 21.3. The van der Waals surface area contributed by atoms with Crippen LogP contribution in [0.2, 0.25) is 0 Å². The molecular formula is C26H27N5O5S. The second-order valence-electron chi connectivity index (χ2n) is 8.77. The van der Waals surface area contributed by atoms with E-state index in [9.17, 15) is 22.8 Å². The van der Waals surface area contributed by atoms with E-state index in [0.717, 1.165) is 0 Å². The van der Waals surface area contributed by atoms with Gasteiger partial charge in [0, 0.05) is 30.0 Å². The average Bonchev–Trinajstić information content (AvgIpc) is 3.08. The molecule has 37 heavy (non-hydrogen) atoms. The highest BCUT2D eigenvalue weighted by Gasteiger charge is 2.34. The van der Waals surface area contributed by atoms with E-state index in [4.69, 9.17) is 0 Å². The molecule has 1 aromatic heterocycles. The van der Waals surface area contributed by atoms with Crippen LogP contribution in [0.4, 0.5) is 11.6 Å². The fourth-order valence-corrected chi connectivity index (χ4v) is 5.01. The van der Waals surface area contributed by atoms with E-state index in [1.54, 1.807) is 44.2 Å². The maximum atomic E-state index is 12.6. The molecule has 0 spiro atoms. The van der Waals surface area contributed by atoms with E-state index in [0.29, 0.717) is 54.0 Å². The summed E-state index contributed by atoms with van der Waals surface area (Å²) in [6, 6.07) is 14.3. The summed E-state index contributed by atoms with van der Waals surface area (Å²) in [5.41, 5.74) is 2.62. The molecule has 0 saturated heterocycles. The molecule has 10 nitrogen and oxygen atoms in total. The Morgan fingerprint density at radius 2 is 1.46 bits per heavy atom. The van der Waals surface area contributed by atoms with Crippen LogP contribution in [0, 0.1) is 13.8 Å². The number of unbranched alkanes of at least 4 members (excludes halogenated alkanes) is 2. The van der Waals surface area contributed by atoms with E-state index in [1.807, 2.05) is 0 Å². The van der Waals surface area contributed by atoms with Crippen molar-refractivity contribution >= 4 is 39.4 Å². The zero-order valence-electron chi connectivity index (χ0n) is 20.5. The third kappa shape index (κ3) is 6.18. The van der Waals surface area contributed by atoms with Crippen molar-refractivity contribution in [3.63, 3.8) is 0 Å². The number of anilines is 2. The van der Waals surface area contributed by atoms with Gasteiger partial charge in [0.25, 0.3) is 21.8 Å². The van der Waals surface area contributed by atoms with E-state index in [2.05, 4.69) is 20.0 Å². The molecule has 2 heterocycles. The number of hydrogen-bond donors (Lipinski definition) is 2. The minimum absolute atomic E-state index is 0.00196. The van der Waals surface area contributed by atoms with Gasteiger partial charge < -0.3 is 5.32 Å². The lowest BCUT2D eigenvalue weighted by Crippen LogP contribution is -2.30. The lowest BCUT2D eigenvalue weighted by Gasteiger charge is -2.13. The lowest BCUT2D eigenvalue weighted by atomic mass is 10.1. The van der Waals surface area contributed by atoms with Crippen molar-refractivity contribution in [2.24, 2.45) is 0 Å². The Hall–Kier alpha value is -4.12. The molecular weight excluding hydrogens is 494 g/mol. The number of hydrogen-bond acceptors (Lipinski definition) is 7. The van der Waals surface area contributed by atoms with Crippen LogP contribution in [-0.2, 0) is 14.8 Å². The maximum absolute atomic E-state index is 12.6. The fraction of sp³-hybridized carbons (Fsp3) is 0.269. The molecule has 2 N–H and O–H groups in total. The third-order valence-corrected chi connectivity index (χ3v) is 7.16. The summed E-state index contributed by atoms with van der Waals surface area (Å²) in [5, 5.41) is 2.75. The number of aryl methyl sites for hydroxylation is 2. The SMILES string of the molecule is Cc1cc(C)nc(NS(=O)(=O)c2ccc(NC(=O)CCCCCN3C(=O)c4ccccc4C3=O)cc2)n1. The van der Waals surface area contributed by atoms with E-state index in [1.165, 1.54) is 29.2 Å². The minimum atomic E-state index is -3.88. The Morgan fingerprint density at radius 1 is 0.865 bits per heavy atom. The van der Waals surface area contributed by atoms with Crippen LogP contribution in [0.25, 0.3) is 0 Å². The molecule has 2 aromatic carbocycles. The summed E-state index contributed by atoms with van der Waals surface area (Å²) in [6.45, 7) is 3.81. The molecule has 0 atom stereocenters. The average molecular weight is 522 g/mol. The van der Waals surface area contributed by atoms with Gasteiger partial charge in [0.2, 0.25) is 11.9 Å². The summed E-state index contributed by atoms with van der Waals surface area (Å²) in [6.07, 6.45) is 2.11. The van der Waals surface area contributed by atoms with Crippen LogP contribution in [0.5, 0.6) is 0 Å². The highest BCUT2D eigenvalue weighted by molar-refractivity contribution is 7.92. The number of amides is 3. The number of nitrogens with one attached hydrogen (secondary N) is 2. The summed E-state index contributed by atoms with van der Waals surface area (Å²) in [7, 11) is -3.88. The predicted molar refractivity (Wildman–Crippen MR) is 138 cm³/mol. The van der Waals surface area contributed by atoms with Gasteiger partial charge in [-0.3, -0.25) is 19.3 Å². The summed E-state index contributed by atoms with van der Waals surface area (Å²) >= 11 is 0. The maximum Gasteiger partial charge on any atom is 0.264 e. The number of fused-ring (bicyclic) bond motifs is 1. The number of carbonyl (C=O) groups excluding carboxylic acids is 3. The zero-order chi connectivity index (χ0) is 26.6. The normalized spacial score (nSPS) is 13.0. The van der Waals surface area contributed by atoms with Crippen LogP contribution in [-0.4, -0.2) is 47.6 Å². The Kier molecular flexibility index (Phi) is 7.63. The number of rotatable bonds is 10. The molecule has 3 aromatic rings. The molecule has 0 unspecified atom stereocenters. The van der Waals surface area contributed by atoms with Crippen molar-refractivity contribution in [2.45, 2.75) is 44.4 Å². The third-order valence-electron chi connectivity index (χ3n) is 5.82. The molecule has 192 valence electrons. The van der Waals surface area contributed by atoms with Gasteiger partial charge in [-0.15, -0.1) is 0 Å². The first-order valence-corrected chi connectivity index (χ1v) is 13.3. The fourth-order valence-electron chi connectivity index (χ4n) is 4.07. The van der Waals surface area contributed by atoms with Crippen LogP contribution in [0.15, 0.2) is 59.5 Å². The first-order chi connectivity index (χ1) is 17.6. The van der Waals surface area contributed by atoms with Crippen LogP contribution >= 0.6 is 0 Å². The number of benzene rings is 2. The van der Waals surface area contributed by atoms with Gasteiger partial charge in [-0.1, -0.05) is 18.6 Å². The smallest absolute Gasteiger partial charge is 0.264 e. The van der Waals surface area contributed by atoms with Gasteiger partial charge in [0.15, 0.2) is 0 Å². The van der Waals surface area contributed by atoms with Gasteiger partial charge >= 0.3 is 0 Å². The lowest BCUT2D eigenvalue weighted by molar-refractivity contribution is -0.116. The molecule has 0 saturated carbocycles. The Morgan fingerprint density at radius 3 is 2.05 bits per heavy atom. The van der Waals surface area contributed by atoms with E-state index >= 15 is 0 Å². The molecule has 0 bridgehead atoms. The van der Waals surface area contributed by atoms with Gasteiger partial charge in [0.1, 0.15) is 0 Å². The highest BCUT2D eigenvalue weighted by atomic mass is 32.2. The largest absolute Gasteiger partial charge is 0.326 e. The highest BCUT2D eigenvalue weighted by Crippen LogP contribution is 2.23. The van der Waals surface area contributed by atoms with E-state index in [-0.39, 0.29) is 35.0 Å². The van der Waals surface area contributed by atoms with Crippen molar-refractivity contribution in [1.82, 2.24) is 14.9 Å². The van der Waals surface area contributed by atoms with Gasteiger partial charge in [-0.25, -0.2) is 23.1 Å². The molecule has 0 radical (unpaired) electrons. The van der Waals surface area contributed by atoms with Crippen LogP contribution < -0.4 is 10.0 Å². The summed E-state index contributed by atoms with van der Waals surface area (Å²) in [4.78, 5) is 46.5. The van der Waals surface area contributed by atoms with Gasteiger partial charge in [0.05, 0.1) is 16.0 Å². The van der Waals surface area contributed by atoms with Crippen molar-refractivity contribution in [2.75, 3.05) is 16.6 Å². The molecule has 3 amide bonds. The first kappa shape index (κ1) is 26.0. The summed E-state index contributed by atoms with van der Waals surface area (Å²) in [5.74, 6) is -0.767. The van der Waals surface area contributed by atoms with Gasteiger partial charge in [-0.2, -0.15) is 0 Å². The van der Waals surface area contributed by atoms with Crippen molar-refractivity contribution in [1.29, 1.82) is 0 Å². The molecule has 11 heteroatoms. The van der Waals surface area contributed by atoms with Gasteiger partial charge in [-0.05, 0) is 69.2 Å². The Labute approximate surface area is 215 Å². The molecule has 0 aliphatic carbocycles. The summed E-state index contributed by atoms with van der Waals surface area (Å²) < 4.78 is 27.6. The van der Waals surface area contributed by atoms with E-state index < -0.39 is 10.0 Å². The molecule has 4 rings (SSSR count). The number of carbonyl (C=O) groups is 3.